The van der Waals surface area contributed by atoms with Gasteiger partial charge < -0.3 is 0 Å². The van der Waals surface area contributed by atoms with Gasteiger partial charge in [-0.2, -0.15) is 0 Å². The first-order valence-corrected chi connectivity index (χ1v) is 5.30. The van der Waals surface area contributed by atoms with E-state index in [0.29, 0.717) is 16.5 Å². The standard InChI is InChI=1S/C11H10BrFO/c1-8(14)11-5-4-10(13)7-9(11)3-2-6-12/h2-5,7H,6H2,1H3. The van der Waals surface area contributed by atoms with Crippen LogP contribution in [-0.2, 0) is 0 Å². The highest BCUT2D eigenvalue weighted by molar-refractivity contribution is 9.09. The predicted octanol–water partition coefficient (Wildman–Crippen LogP) is 3.44. The molecule has 74 valence electrons. The number of carbonyl (C=O) groups excluding carboxylic acids is 1. The molecule has 0 fully saturated rings. The predicted molar refractivity (Wildman–Crippen MR) is 59.2 cm³/mol. The summed E-state index contributed by atoms with van der Waals surface area (Å²) >= 11 is 3.22. The molecule has 0 saturated heterocycles. The monoisotopic (exact) mass is 256 g/mol. The second kappa shape index (κ2) is 5.05. The van der Waals surface area contributed by atoms with E-state index in [1.807, 2.05) is 6.08 Å². The van der Waals surface area contributed by atoms with Crippen LogP contribution in [0, 0.1) is 5.82 Å². The van der Waals surface area contributed by atoms with Crippen LogP contribution in [0.25, 0.3) is 6.08 Å². The fourth-order valence-corrected chi connectivity index (χ4v) is 1.35. The Bertz CT molecular complexity index is 372. The zero-order valence-corrected chi connectivity index (χ0v) is 9.34. The van der Waals surface area contributed by atoms with E-state index in [2.05, 4.69) is 15.9 Å². The molecule has 0 radical (unpaired) electrons. The molecule has 0 N–H and O–H groups in total. The Morgan fingerprint density at radius 1 is 1.57 bits per heavy atom. The van der Waals surface area contributed by atoms with E-state index in [1.54, 1.807) is 6.08 Å². The molecule has 1 nitrogen and oxygen atoms in total. The van der Waals surface area contributed by atoms with Gasteiger partial charge in [0.2, 0.25) is 0 Å². The summed E-state index contributed by atoms with van der Waals surface area (Å²) in [5.41, 5.74) is 1.17. The third-order valence-electron chi connectivity index (χ3n) is 1.78. The van der Waals surface area contributed by atoms with Crippen molar-refractivity contribution in [2.45, 2.75) is 6.92 Å². The number of halogens is 2. The molecule has 0 aliphatic carbocycles. The fourth-order valence-electron chi connectivity index (χ4n) is 1.16. The van der Waals surface area contributed by atoms with Crippen LogP contribution < -0.4 is 0 Å². The highest BCUT2D eigenvalue weighted by atomic mass is 79.9. The fraction of sp³-hybridized carbons (Fsp3) is 0.182. The lowest BCUT2D eigenvalue weighted by molar-refractivity contribution is 0.101. The van der Waals surface area contributed by atoms with Crippen molar-refractivity contribution in [1.29, 1.82) is 0 Å². The summed E-state index contributed by atoms with van der Waals surface area (Å²) < 4.78 is 12.9. The first-order valence-electron chi connectivity index (χ1n) is 4.18. The lowest BCUT2D eigenvalue weighted by Gasteiger charge is -2.01. The Morgan fingerprint density at radius 3 is 2.86 bits per heavy atom. The van der Waals surface area contributed by atoms with Crippen molar-refractivity contribution in [3.8, 4) is 0 Å². The number of carbonyl (C=O) groups is 1. The first kappa shape index (κ1) is 11.1. The number of alkyl halides is 1. The summed E-state index contributed by atoms with van der Waals surface area (Å²) in [6.45, 7) is 1.47. The van der Waals surface area contributed by atoms with Gasteiger partial charge in [-0.1, -0.05) is 28.1 Å². The topological polar surface area (TPSA) is 17.1 Å². The molecular weight excluding hydrogens is 247 g/mol. The molecule has 1 rings (SSSR count). The van der Waals surface area contributed by atoms with Gasteiger partial charge in [0.25, 0.3) is 0 Å². The zero-order chi connectivity index (χ0) is 10.6. The van der Waals surface area contributed by atoms with Gasteiger partial charge in [0, 0.05) is 10.9 Å². The molecule has 0 unspecified atom stereocenters. The second-order valence-electron chi connectivity index (χ2n) is 2.84. The molecule has 0 saturated carbocycles. The first-order chi connectivity index (χ1) is 6.65. The molecule has 0 bridgehead atoms. The zero-order valence-electron chi connectivity index (χ0n) is 7.76. The van der Waals surface area contributed by atoms with Crippen LogP contribution in [0.1, 0.15) is 22.8 Å². The van der Waals surface area contributed by atoms with E-state index in [-0.39, 0.29) is 11.6 Å². The minimum atomic E-state index is -0.329. The van der Waals surface area contributed by atoms with Crippen molar-refractivity contribution in [3.05, 3.63) is 41.2 Å². The summed E-state index contributed by atoms with van der Waals surface area (Å²) in [5.74, 6) is -0.386. The van der Waals surface area contributed by atoms with Crippen LogP contribution >= 0.6 is 15.9 Å². The highest BCUT2D eigenvalue weighted by Crippen LogP contribution is 2.14. The van der Waals surface area contributed by atoms with Crippen LogP contribution in [0.4, 0.5) is 4.39 Å². The molecule has 0 aliphatic heterocycles. The number of hydrogen-bond donors (Lipinski definition) is 0. The molecule has 1 aromatic rings. The van der Waals surface area contributed by atoms with Crippen molar-refractivity contribution in [2.24, 2.45) is 0 Å². The number of benzene rings is 1. The van der Waals surface area contributed by atoms with Gasteiger partial charge in [-0.15, -0.1) is 0 Å². The van der Waals surface area contributed by atoms with Gasteiger partial charge in [0.15, 0.2) is 5.78 Å². The molecule has 0 aromatic heterocycles. The van der Waals surface area contributed by atoms with Crippen molar-refractivity contribution in [3.63, 3.8) is 0 Å². The summed E-state index contributed by atoms with van der Waals surface area (Å²) in [5, 5.41) is 0.681. The molecule has 1 aromatic carbocycles. The average Bonchev–Trinajstić information content (AvgIpc) is 2.14. The quantitative estimate of drug-likeness (QED) is 0.598. The second-order valence-corrected chi connectivity index (χ2v) is 3.49. The number of allylic oxidation sites excluding steroid dienone is 1. The molecule has 3 heteroatoms. The Kier molecular flexibility index (Phi) is 4.01. The average molecular weight is 257 g/mol. The van der Waals surface area contributed by atoms with Crippen molar-refractivity contribution < 1.29 is 9.18 Å². The normalized spacial score (nSPS) is 10.8. The van der Waals surface area contributed by atoms with Crippen LogP contribution in [-0.4, -0.2) is 11.1 Å². The van der Waals surface area contributed by atoms with Crippen molar-refractivity contribution in [1.82, 2.24) is 0 Å². The van der Waals surface area contributed by atoms with Gasteiger partial charge in [-0.3, -0.25) is 4.79 Å². The van der Waals surface area contributed by atoms with E-state index in [4.69, 9.17) is 0 Å². The molecule has 0 amide bonds. The van der Waals surface area contributed by atoms with E-state index in [0.717, 1.165) is 0 Å². The van der Waals surface area contributed by atoms with Crippen LogP contribution in [0.3, 0.4) is 0 Å². The lowest BCUT2D eigenvalue weighted by Crippen LogP contribution is -1.96. The molecule has 0 atom stereocenters. The Hall–Kier alpha value is -0.960. The largest absolute Gasteiger partial charge is 0.294 e. The van der Waals surface area contributed by atoms with Crippen LogP contribution in [0.15, 0.2) is 24.3 Å². The van der Waals surface area contributed by atoms with E-state index < -0.39 is 0 Å². The van der Waals surface area contributed by atoms with Crippen LogP contribution in [0.5, 0.6) is 0 Å². The maximum Gasteiger partial charge on any atom is 0.160 e. The SMILES string of the molecule is CC(=O)c1ccc(F)cc1C=CCBr. The maximum absolute atomic E-state index is 12.9. The molecule has 0 aliphatic rings. The van der Waals surface area contributed by atoms with Gasteiger partial charge in [-0.25, -0.2) is 4.39 Å². The van der Waals surface area contributed by atoms with Gasteiger partial charge >= 0.3 is 0 Å². The summed E-state index contributed by atoms with van der Waals surface area (Å²) in [7, 11) is 0. The van der Waals surface area contributed by atoms with Crippen molar-refractivity contribution >= 4 is 27.8 Å². The van der Waals surface area contributed by atoms with Crippen molar-refractivity contribution in [2.75, 3.05) is 5.33 Å². The third kappa shape index (κ3) is 2.77. The number of hydrogen-bond acceptors (Lipinski definition) is 1. The van der Waals surface area contributed by atoms with Gasteiger partial charge in [0.1, 0.15) is 5.82 Å². The van der Waals surface area contributed by atoms with Gasteiger partial charge in [-0.05, 0) is 30.7 Å². The highest BCUT2D eigenvalue weighted by Gasteiger charge is 2.05. The Labute approximate surface area is 90.8 Å². The molecule has 0 spiro atoms. The van der Waals surface area contributed by atoms with Gasteiger partial charge in [0.05, 0.1) is 0 Å². The Balaban J connectivity index is 3.15. The van der Waals surface area contributed by atoms with E-state index in [9.17, 15) is 9.18 Å². The number of ketones is 1. The minimum Gasteiger partial charge on any atom is -0.294 e. The summed E-state index contributed by atoms with van der Waals surface area (Å²) in [6, 6.07) is 4.16. The van der Waals surface area contributed by atoms with E-state index >= 15 is 0 Å². The lowest BCUT2D eigenvalue weighted by atomic mass is 10.0. The summed E-state index contributed by atoms with van der Waals surface area (Å²) in [6.07, 6.45) is 3.55. The third-order valence-corrected chi connectivity index (χ3v) is 2.15. The molecule has 14 heavy (non-hydrogen) atoms. The Morgan fingerprint density at radius 2 is 2.29 bits per heavy atom. The smallest absolute Gasteiger partial charge is 0.160 e. The number of rotatable bonds is 3. The minimum absolute atomic E-state index is 0.0563. The summed E-state index contributed by atoms with van der Waals surface area (Å²) in [4.78, 5) is 11.2. The number of Topliss-reactive ketones (excluding diaryl/α,β-unsaturated/α-hetero) is 1. The maximum atomic E-state index is 12.9. The molecular formula is C11H10BrFO. The molecule has 0 heterocycles. The van der Waals surface area contributed by atoms with Crippen LogP contribution in [0.2, 0.25) is 0 Å². The van der Waals surface area contributed by atoms with E-state index in [1.165, 1.54) is 25.1 Å².